The topological polar surface area (TPSA) is 73.0 Å². The molecule has 1 aliphatic rings. The molecule has 34 heavy (non-hydrogen) atoms. The number of hydrogen-bond acceptors (Lipinski definition) is 3. The van der Waals surface area contributed by atoms with Crippen LogP contribution in [0.2, 0.25) is 0 Å². The van der Waals surface area contributed by atoms with E-state index in [1.54, 1.807) is 11.5 Å². The highest BCUT2D eigenvalue weighted by molar-refractivity contribution is 6.49. The molecule has 0 amide bonds. The zero-order valence-corrected chi connectivity index (χ0v) is 21.1. The van der Waals surface area contributed by atoms with E-state index in [0.717, 1.165) is 17.5 Å². The summed E-state index contributed by atoms with van der Waals surface area (Å²) in [4.78, 5) is 0. The van der Waals surface area contributed by atoms with Gasteiger partial charge >= 0.3 is 0 Å². The van der Waals surface area contributed by atoms with Gasteiger partial charge in [0.05, 0.1) is 5.71 Å². The first kappa shape index (κ1) is 25.6. The monoisotopic (exact) mass is 458 g/mol. The van der Waals surface area contributed by atoms with Crippen molar-refractivity contribution in [3.05, 3.63) is 83.5 Å². The Labute approximate surface area is 205 Å². The molecule has 0 spiro atoms. The third-order valence-electron chi connectivity index (χ3n) is 6.89. The van der Waals surface area contributed by atoms with E-state index in [2.05, 4.69) is 57.1 Å². The average molecular weight is 459 g/mol. The summed E-state index contributed by atoms with van der Waals surface area (Å²) in [6.07, 6.45) is 14.8. The van der Waals surface area contributed by atoms with E-state index < -0.39 is 0 Å². The Morgan fingerprint density at radius 1 is 1.00 bits per heavy atom. The molecule has 0 fully saturated rings. The molecule has 0 saturated carbocycles. The van der Waals surface area contributed by atoms with Crippen molar-refractivity contribution in [2.75, 3.05) is 0 Å². The molecule has 0 aromatic heterocycles. The number of allylic oxidation sites excluding steroid dienone is 4. The van der Waals surface area contributed by atoms with Gasteiger partial charge in [-0.15, -0.1) is 0 Å². The Morgan fingerprint density at radius 2 is 1.71 bits per heavy atom. The van der Waals surface area contributed by atoms with E-state index in [-0.39, 0.29) is 11.2 Å². The average Bonchev–Trinajstić information content (AvgIpc) is 2.84. The van der Waals surface area contributed by atoms with Crippen LogP contribution in [0.15, 0.2) is 71.9 Å². The lowest BCUT2D eigenvalue weighted by Gasteiger charge is -2.28. The fraction of sp³-hybridized carbons (Fsp3) is 0.400. The van der Waals surface area contributed by atoms with Gasteiger partial charge in [0, 0.05) is 17.0 Å². The number of phenols is 1. The quantitative estimate of drug-likeness (QED) is 0.0842. The van der Waals surface area contributed by atoms with Crippen LogP contribution in [0.4, 0.5) is 5.69 Å². The number of nitrogens with zero attached hydrogens (tertiary/aromatic N) is 1. The van der Waals surface area contributed by atoms with Gasteiger partial charge in [0.15, 0.2) is 11.4 Å². The van der Waals surface area contributed by atoms with Crippen LogP contribution in [0.3, 0.4) is 0 Å². The lowest BCUT2D eigenvalue weighted by Crippen LogP contribution is -2.72. The van der Waals surface area contributed by atoms with Crippen molar-refractivity contribution in [3.8, 4) is 5.75 Å². The first-order valence-corrected chi connectivity index (χ1v) is 12.6. The Bertz CT molecular complexity index is 1060. The summed E-state index contributed by atoms with van der Waals surface area (Å²) in [6.45, 7) is 8.86. The van der Waals surface area contributed by atoms with Crippen molar-refractivity contribution in [3.63, 3.8) is 0 Å². The summed E-state index contributed by atoms with van der Waals surface area (Å²) in [7, 11) is 0. The van der Waals surface area contributed by atoms with Crippen LogP contribution in [0, 0.1) is 5.41 Å². The summed E-state index contributed by atoms with van der Waals surface area (Å²) >= 11 is 0. The number of aromatic hydroxyl groups is 1. The molecule has 4 heteroatoms. The fourth-order valence-electron chi connectivity index (χ4n) is 4.50. The third-order valence-corrected chi connectivity index (χ3v) is 6.89. The lowest BCUT2D eigenvalue weighted by molar-refractivity contribution is -0.577. The van der Waals surface area contributed by atoms with E-state index in [4.69, 9.17) is 5.41 Å². The molecule has 4 N–H and O–H groups in total. The van der Waals surface area contributed by atoms with E-state index in [0.29, 0.717) is 23.0 Å². The molecule has 1 unspecified atom stereocenters. The number of quaternary nitrogens is 1. The van der Waals surface area contributed by atoms with Crippen LogP contribution >= 0.6 is 0 Å². The second kappa shape index (κ2) is 11.9. The van der Waals surface area contributed by atoms with E-state index >= 15 is 0 Å². The SMILES string of the molecule is CCCCCCCC(C)c1cc([NH2+]N=C2C=CC=CC2=N)c(O)c(C(C)(C)c2ccccc2)c1. The minimum atomic E-state index is -0.363. The highest BCUT2D eigenvalue weighted by Gasteiger charge is 2.30. The zero-order valence-electron chi connectivity index (χ0n) is 21.1. The maximum absolute atomic E-state index is 11.4. The predicted octanol–water partition coefficient (Wildman–Crippen LogP) is 6.88. The Balaban J connectivity index is 1.95. The van der Waals surface area contributed by atoms with Crippen molar-refractivity contribution >= 4 is 17.1 Å². The van der Waals surface area contributed by atoms with Gasteiger partial charge in [0.1, 0.15) is 5.71 Å². The second-order valence-electron chi connectivity index (χ2n) is 9.88. The molecule has 0 saturated heterocycles. The van der Waals surface area contributed by atoms with E-state index in [1.807, 2.05) is 36.4 Å². The summed E-state index contributed by atoms with van der Waals surface area (Å²) in [5.41, 5.74) is 6.33. The molecular weight excluding hydrogens is 418 g/mol. The van der Waals surface area contributed by atoms with Crippen molar-refractivity contribution < 1.29 is 10.5 Å². The van der Waals surface area contributed by atoms with Crippen LogP contribution in [0.1, 0.15) is 88.8 Å². The van der Waals surface area contributed by atoms with Gasteiger partial charge in [-0.3, -0.25) is 5.41 Å². The van der Waals surface area contributed by atoms with Gasteiger partial charge in [0.2, 0.25) is 0 Å². The molecule has 3 rings (SSSR count). The van der Waals surface area contributed by atoms with Crippen molar-refractivity contribution in [2.45, 2.75) is 77.6 Å². The molecule has 180 valence electrons. The summed E-state index contributed by atoms with van der Waals surface area (Å²) < 4.78 is 0. The molecule has 0 heterocycles. The molecule has 4 nitrogen and oxygen atoms in total. The molecule has 0 aliphatic heterocycles. The standard InChI is InChI=1S/C30H39N3O/c1-5-6-7-8-10-15-22(2)23-20-25(30(3,4)24-16-11-9-12-17-24)29(34)28(21-23)33-32-27-19-14-13-18-26(27)31/h9,11-14,16-22,31,33-34H,5-8,10,15H2,1-4H3/p+1. The van der Waals surface area contributed by atoms with Crippen LogP contribution in [0.5, 0.6) is 5.75 Å². The Hall–Kier alpha value is -2.98. The molecule has 0 radical (unpaired) electrons. The number of phenolic OH excluding ortho intramolecular Hbond substituents is 1. The summed E-state index contributed by atoms with van der Waals surface area (Å²) in [5.74, 6) is 0.655. The number of hydrogen-bond donors (Lipinski definition) is 3. The molecule has 1 aliphatic carbocycles. The van der Waals surface area contributed by atoms with Crippen LogP contribution < -0.4 is 5.43 Å². The first-order chi connectivity index (χ1) is 16.3. The predicted molar refractivity (Wildman–Crippen MR) is 143 cm³/mol. The highest BCUT2D eigenvalue weighted by Crippen LogP contribution is 2.41. The normalized spacial score (nSPS) is 15.8. The van der Waals surface area contributed by atoms with Gasteiger partial charge in [-0.05, 0) is 35.6 Å². The summed E-state index contributed by atoms with van der Waals surface area (Å²) in [6, 6.07) is 14.6. The molecular formula is C30H40N3O+. The van der Waals surface area contributed by atoms with Gasteiger partial charge in [-0.25, -0.2) is 0 Å². The van der Waals surface area contributed by atoms with E-state index in [1.165, 1.54) is 37.7 Å². The minimum Gasteiger partial charge on any atom is -0.502 e. The van der Waals surface area contributed by atoms with Crippen molar-refractivity contribution in [1.82, 2.24) is 0 Å². The second-order valence-corrected chi connectivity index (χ2v) is 9.88. The largest absolute Gasteiger partial charge is 0.502 e. The van der Waals surface area contributed by atoms with Gasteiger partial charge in [-0.1, -0.05) is 113 Å². The number of rotatable bonds is 11. The molecule has 0 bridgehead atoms. The smallest absolute Gasteiger partial charge is 0.198 e. The van der Waals surface area contributed by atoms with Gasteiger partial charge < -0.3 is 5.11 Å². The van der Waals surface area contributed by atoms with Crippen LogP contribution in [0.25, 0.3) is 0 Å². The Kier molecular flexibility index (Phi) is 9.00. The van der Waals surface area contributed by atoms with Crippen molar-refractivity contribution in [1.29, 1.82) is 5.41 Å². The Morgan fingerprint density at radius 3 is 2.41 bits per heavy atom. The maximum atomic E-state index is 11.4. The summed E-state index contributed by atoms with van der Waals surface area (Å²) in [5, 5.41) is 24.0. The van der Waals surface area contributed by atoms with E-state index in [9.17, 15) is 5.11 Å². The van der Waals surface area contributed by atoms with Gasteiger partial charge in [-0.2, -0.15) is 5.43 Å². The maximum Gasteiger partial charge on any atom is 0.198 e. The molecule has 1 atom stereocenters. The highest BCUT2D eigenvalue weighted by atomic mass is 16.3. The first-order valence-electron chi connectivity index (χ1n) is 12.6. The zero-order chi connectivity index (χ0) is 24.6. The number of nitrogens with one attached hydrogen (secondary N) is 1. The van der Waals surface area contributed by atoms with Crippen LogP contribution in [-0.2, 0) is 5.41 Å². The number of benzene rings is 2. The van der Waals surface area contributed by atoms with Gasteiger partial charge in [0.25, 0.3) is 0 Å². The number of unbranched alkanes of at least 4 members (excludes halogenated alkanes) is 4. The third kappa shape index (κ3) is 6.32. The van der Waals surface area contributed by atoms with Crippen molar-refractivity contribution in [2.24, 2.45) is 5.10 Å². The molecule has 2 aromatic carbocycles. The minimum absolute atomic E-state index is 0.263. The lowest BCUT2D eigenvalue weighted by atomic mass is 9.76. The van der Waals surface area contributed by atoms with Crippen LogP contribution in [-0.4, -0.2) is 16.5 Å². The molecule has 2 aromatic rings. The fourth-order valence-corrected chi connectivity index (χ4v) is 4.50. The number of nitrogens with two attached hydrogens (primary N) is 1.